The van der Waals surface area contributed by atoms with Crippen molar-refractivity contribution in [3.63, 3.8) is 0 Å². The number of aromatic nitrogens is 4. The van der Waals surface area contributed by atoms with E-state index in [0.29, 0.717) is 17.0 Å². The van der Waals surface area contributed by atoms with Crippen molar-refractivity contribution in [1.82, 2.24) is 19.9 Å². The number of hydrogen-bond acceptors (Lipinski definition) is 4. The standard InChI is InChI=1S/C54H35N5O/c60-49-32-31-40(38-23-13-14-24-39(38)49)55-48-33-47-52(36-19-9-3-10-20-36)45-28-27-43(57-45)50(34-15-5-1-6-16-34)41-25-26-42(56-41)51(35-17-7-2-8-18-35)44-29-30-46(58-44)53(54(48)59-47)37-21-11-4-12-22-37/h1-33,56,59H. The highest BCUT2D eigenvalue weighted by atomic mass is 16.1. The zero-order valence-corrected chi connectivity index (χ0v) is 32.3. The van der Waals surface area contributed by atoms with E-state index in [1.165, 1.54) is 0 Å². The maximum absolute atomic E-state index is 13.0. The van der Waals surface area contributed by atoms with Crippen LogP contribution in [-0.4, -0.2) is 31.4 Å². The van der Waals surface area contributed by atoms with E-state index in [0.717, 1.165) is 94.9 Å². The lowest BCUT2D eigenvalue weighted by atomic mass is 9.94. The van der Waals surface area contributed by atoms with Crippen LogP contribution in [0.3, 0.4) is 0 Å². The fraction of sp³-hybridized carbons (Fsp3) is 0. The van der Waals surface area contributed by atoms with Crippen LogP contribution in [0, 0.1) is 0 Å². The van der Waals surface area contributed by atoms with Crippen LogP contribution in [0.25, 0.3) is 90.9 Å². The van der Waals surface area contributed by atoms with Crippen LogP contribution in [-0.2, 0) is 0 Å². The quantitative estimate of drug-likeness (QED) is 0.183. The molecule has 0 spiro atoms. The molecule has 2 N–H and O–H groups in total. The number of rotatable bonds is 5. The molecule has 0 amide bonds. The van der Waals surface area contributed by atoms with Gasteiger partial charge in [-0.3, -0.25) is 4.79 Å². The molecular formula is C54H35N5O. The Morgan fingerprint density at radius 3 is 1.30 bits per heavy atom. The van der Waals surface area contributed by atoms with Crippen LogP contribution in [0.5, 0.6) is 0 Å². The van der Waals surface area contributed by atoms with Crippen molar-refractivity contribution in [3.8, 4) is 44.5 Å². The summed E-state index contributed by atoms with van der Waals surface area (Å²) >= 11 is 0. The van der Waals surface area contributed by atoms with Crippen molar-refractivity contribution in [2.24, 2.45) is 4.99 Å². The highest BCUT2D eigenvalue weighted by Crippen LogP contribution is 2.41. The smallest absolute Gasteiger partial charge is 0.186 e. The number of nitrogens with one attached hydrogen (secondary N) is 2. The van der Waals surface area contributed by atoms with Gasteiger partial charge in [0.1, 0.15) is 0 Å². The third-order valence-electron chi connectivity index (χ3n) is 11.2. The highest BCUT2D eigenvalue weighted by Gasteiger charge is 2.22. The molecule has 3 aromatic heterocycles. The molecule has 8 bridgehead atoms. The fourth-order valence-corrected chi connectivity index (χ4v) is 8.47. The van der Waals surface area contributed by atoms with Gasteiger partial charge in [-0.1, -0.05) is 146 Å². The van der Waals surface area contributed by atoms with E-state index >= 15 is 0 Å². The van der Waals surface area contributed by atoms with E-state index in [4.69, 9.17) is 15.0 Å². The van der Waals surface area contributed by atoms with E-state index in [1.54, 1.807) is 6.08 Å². The minimum Gasteiger partial charge on any atom is -0.354 e. The minimum absolute atomic E-state index is 0.0362. The van der Waals surface area contributed by atoms with Crippen LogP contribution in [0.15, 0.2) is 181 Å². The second kappa shape index (κ2) is 14.6. The summed E-state index contributed by atoms with van der Waals surface area (Å²) in [6.45, 7) is 0. The summed E-state index contributed by atoms with van der Waals surface area (Å²) in [4.78, 5) is 37.1. The first kappa shape index (κ1) is 35.0. The predicted molar refractivity (Wildman–Crippen MR) is 247 cm³/mol. The first-order chi connectivity index (χ1) is 29.7. The Kier molecular flexibility index (Phi) is 8.52. The fourth-order valence-electron chi connectivity index (χ4n) is 8.47. The first-order valence-electron chi connectivity index (χ1n) is 20.0. The molecule has 8 aromatic rings. The lowest BCUT2D eigenvalue weighted by Crippen LogP contribution is -2.11. The predicted octanol–water partition coefficient (Wildman–Crippen LogP) is 13.2. The van der Waals surface area contributed by atoms with Gasteiger partial charge in [0.15, 0.2) is 5.78 Å². The van der Waals surface area contributed by atoms with E-state index in [-0.39, 0.29) is 5.78 Å². The summed E-state index contributed by atoms with van der Waals surface area (Å²) in [6, 6.07) is 55.6. The summed E-state index contributed by atoms with van der Waals surface area (Å²) < 4.78 is 0. The Labute approximate surface area is 346 Å². The average molecular weight is 770 g/mol. The molecule has 2 aliphatic heterocycles. The highest BCUT2D eigenvalue weighted by molar-refractivity contribution is 6.24. The third kappa shape index (κ3) is 6.15. The molecule has 0 saturated carbocycles. The molecule has 0 saturated heterocycles. The van der Waals surface area contributed by atoms with Crippen LogP contribution in [0.2, 0.25) is 0 Å². The molecule has 1 aliphatic carbocycles. The monoisotopic (exact) mass is 769 g/mol. The van der Waals surface area contributed by atoms with E-state index in [2.05, 4.69) is 137 Å². The molecule has 5 heterocycles. The molecule has 282 valence electrons. The number of aliphatic imine (C=N–C) groups is 1. The van der Waals surface area contributed by atoms with E-state index in [9.17, 15) is 4.79 Å². The molecule has 60 heavy (non-hydrogen) atoms. The number of hydrogen-bond donors (Lipinski definition) is 2. The first-order valence-corrected chi connectivity index (χ1v) is 20.0. The maximum Gasteiger partial charge on any atom is 0.186 e. The molecule has 5 aromatic carbocycles. The lowest BCUT2D eigenvalue weighted by Gasteiger charge is -2.12. The number of carbonyl (C=O) groups excluding carboxylic acids is 1. The topological polar surface area (TPSA) is 86.8 Å². The van der Waals surface area contributed by atoms with Crippen molar-refractivity contribution >= 4 is 63.6 Å². The van der Waals surface area contributed by atoms with Gasteiger partial charge in [0.05, 0.1) is 45.2 Å². The lowest BCUT2D eigenvalue weighted by molar-refractivity contribution is 0.104. The maximum atomic E-state index is 13.0. The number of carbonyl (C=O) groups is 1. The van der Waals surface area contributed by atoms with Gasteiger partial charge in [-0.15, -0.1) is 0 Å². The normalized spacial score (nSPS) is 13.5. The molecule has 0 unspecified atom stereocenters. The Hall–Kier alpha value is -8.22. The molecule has 0 atom stereocenters. The number of benzene rings is 5. The summed E-state index contributed by atoms with van der Waals surface area (Å²) in [7, 11) is 0. The van der Waals surface area contributed by atoms with Crippen molar-refractivity contribution in [1.29, 1.82) is 0 Å². The van der Waals surface area contributed by atoms with Crippen LogP contribution < -0.4 is 0 Å². The Balaban J connectivity index is 1.35. The number of fused-ring (bicyclic) bond motifs is 9. The number of ketones is 1. The minimum atomic E-state index is -0.0362. The SMILES string of the molecule is O=C1C=CC(=Nc2cc3[nH]c2c(-c2ccccc2)c2nc(c(-c4ccccc4)c4ccc([nH]4)c(-c4ccccc4)c4nc(c3-c3ccccc3)C=C4)C=C2)c2ccccc21. The average Bonchev–Trinajstić information content (AvgIpc) is 4.14. The van der Waals surface area contributed by atoms with Gasteiger partial charge in [0.25, 0.3) is 0 Å². The zero-order chi connectivity index (χ0) is 40.0. The van der Waals surface area contributed by atoms with Crippen LogP contribution in [0.4, 0.5) is 5.69 Å². The third-order valence-corrected chi connectivity index (χ3v) is 11.2. The van der Waals surface area contributed by atoms with E-state index < -0.39 is 0 Å². The van der Waals surface area contributed by atoms with Crippen molar-refractivity contribution in [3.05, 3.63) is 210 Å². The van der Waals surface area contributed by atoms with Gasteiger partial charge in [-0.25, -0.2) is 15.0 Å². The Morgan fingerprint density at radius 1 is 0.383 bits per heavy atom. The number of nitrogens with zero attached hydrogens (tertiary/aromatic N) is 3. The molecular weight excluding hydrogens is 735 g/mol. The van der Waals surface area contributed by atoms with Gasteiger partial charge >= 0.3 is 0 Å². The summed E-state index contributed by atoms with van der Waals surface area (Å²) in [5.74, 6) is -0.0362. The second-order valence-electron chi connectivity index (χ2n) is 14.9. The molecule has 6 nitrogen and oxygen atoms in total. The van der Waals surface area contributed by atoms with Gasteiger partial charge < -0.3 is 9.97 Å². The largest absolute Gasteiger partial charge is 0.354 e. The molecule has 11 rings (SSSR count). The van der Waals surface area contributed by atoms with Crippen molar-refractivity contribution < 1.29 is 4.79 Å². The van der Waals surface area contributed by atoms with Gasteiger partial charge in [0, 0.05) is 44.4 Å². The molecule has 6 heteroatoms. The zero-order valence-electron chi connectivity index (χ0n) is 32.3. The van der Waals surface area contributed by atoms with Crippen molar-refractivity contribution in [2.75, 3.05) is 0 Å². The summed E-state index contributed by atoms with van der Waals surface area (Å²) in [5.41, 5.74) is 17.5. The number of H-pyrrole nitrogens is 2. The number of allylic oxidation sites excluding steroid dienone is 2. The molecule has 0 fully saturated rings. The second-order valence-corrected chi connectivity index (χ2v) is 14.9. The van der Waals surface area contributed by atoms with Crippen LogP contribution >= 0.6 is 0 Å². The summed E-state index contributed by atoms with van der Waals surface area (Å²) in [5, 5.41) is 0. The Morgan fingerprint density at radius 2 is 0.800 bits per heavy atom. The molecule has 3 aliphatic rings. The molecule has 0 radical (unpaired) electrons. The number of aromatic amines is 2. The van der Waals surface area contributed by atoms with Gasteiger partial charge in [-0.2, -0.15) is 0 Å². The summed E-state index contributed by atoms with van der Waals surface area (Å²) in [6.07, 6.45) is 11.8. The van der Waals surface area contributed by atoms with Gasteiger partial charge in [-0.05, 0) is 76.9 Å². The van der Waals surface area contributed by atoms with Crippen molar-refractivity contribution in [2.45, 2.75) is 0 Å². The van der Waals surface area contributed by atoms with Gasteiger partial charge in [0.2, 0.25) is 0 Å². The Bertz CT molecular complexity index is 3300. The van der Waals surface area contributed by atoms with E-state index in [1.807, 2.05) is 66.7 Å². The van der Waals surface area contributed by atoms with Crippen LogP contribution in [0.1, 0.15) is 38.7 Å².